The Labute approximate surface area is 122 Å². The second kappa shape index (κ2) is 6.06. The number of aliphatic hydroxyl groups is 1. The van der Waals surface area contributed by atoms with E-state index in [4.69, 9.17) is 5.11 Å². The molecule has 1 aromatic rings. The van der Waals surface area contributed by atoms with Gasteiger partial charge in [0.2, 0.25) is 0 Å². The van der Waals surface area contributed by atoms with Gasteiger partial charge in [0.05, 0.1) is 13.2 Å². The van der Waals surface area contributed by atoms with Crippen molar-refractivity contribution in [3.8, 4) is 5.75 Å². The van der Waals surface area contributed by atoms with Crippen LogP contribution >= 0.6 is 0 Å². The van der Waals surface area contributed by atoms with E-state index in [9.17, 15) is 22.8 Å². The molecule has 0 unspecified atom stereocenters. The lowest BCUT2D eigenvalue weighted by Gasteiger charge is -2.13. The van der Waals surface area contributed by atoms with Crippen molar-refractivity contribution >= 4 is 17.5 Å². The number of imide groups is 1. The molecule has 0 aliphatic carbocycles. The Morgan fingerprint density at radius 2 is 1.82 bits per heavy atom. The number of hydrogen-bond acceptors (Lipinski definition) is 5. The fourth-order valence-electron chi connectivity index (χ4n) is 1.81. The summed E-state index contributed by atoms with van der Waals surface area (Å²) in [6, 6.07) is 4.69. The average molecular weight is 316 g/mol. The van der Waals surface area contributed by atoms with Crippen molar-refractivity contribution in [2.24, 2.45) is 0 Å². The number of carbonyl (C=O) groups excluding carboxylic acids is 2. The molecule has 9 heteroatoms. The van der Waals surface area contributed by atoms with Crippen LogP contribution in [0.25, 0.3) is 0 Å². The van der Waals surface area contributed by atoms with E-state index in [2.05, 4.69) is 10.1 Å². The van der Waals surface area contributed by atoms with Crippen molar-refractivity contribution in [1.82, 2.24) is 4.90 Å². The Balaban J connectivity index is 2.04. The van der Waals surface area contributed by atoms with Gasteiger partial charge < -0.3 is 15.2 Å². The third-order valence-corrected chi connectivity index (χ3v) is 2.70. The zero-order chi connectivity index (χ0) is 16.3. The van der Waals surface area contributed by atoms with Crippen molar-refractivity contribution in [3.63, 3.8) is 0 Å². The third-order valence-electron chi connectivity index (χ3n) is 2.70. The SMILES string of the molecule is O=C1C=C(Nc2ccc(OC(F)(F)F)cc2)C(=O)N1CCO. The summed E-state index contributed by atoms with van der Waals surface area (Å²) < 4.78 is 39.8. The molecule has 0 saturated heterocycles. The molecule has 0 aromatic heterocycles. The zero-order valence-corrected chi connectivity index (χ0v) is 11.1. The zero-order valence-electron chi connectivity index (χ0n) is 11.1. The molecule has 1 aliphatic rings. The second-order valence-electron chi connectivity index (χ2n) is 4.27. The minimum atomic E-state index is -4.78. The molecule has 1 heterocycles. The molecule has 2 amide bonds. The summed E-state index contributed by atoms with van der Waals surface area (Å²) in [5, 5.41) is 11.4. The maximum absolute atomic E-state index is 12.0. The van der Waals surface area contributed by atoms with Gasteiger partial charge in [-0.05, 0) is 24.3 Å². The van der Waals surface area contributed by atoms with Gasteiger partial charge in [-0.15, -0.1) is 13.2 Å². The van der Waals surface area contributed by atoms with E-state index in [1.54, 1.807) is 0 Å². The third kappa shape index (κ3) is 3.76. The highest BCUT2D eigenvalue weighted by atomic mass is 19.4. The van der Waals surface area contributed by atoms with Crippen molar-refractivity contribution in [1.29, 1.82) is 0 Å². The van der Waals surface area contributed by atoms with Crippen LogP contribution in [0.1, 0.15) is 0 Å². The summed E-state index contributed by atoms with van der Waals surface area (Å²) in [6.45, 7) is -0.486. The first-order chi connectivity index (χ1) is 10.3. The van der Waals surface area contributed by atoms with E-state index in [1.807, 2.05) is 0 Å². The monoisotopic (exact) mass is 316 g/mol. The Bertz CT molecular complexity index is 611. The van der Waals surface area contributed by atoms with Crippen molar-refractivity contribution in [3.05, 3.63) is 36.0 Å². The van der Waals surface area contributed by atoms with E-state index < -0.39 is 23.9 Å². The van der Waals surface area contributed by atoms with Crippen LogP contribution in [0.4, 0.5) is 18.9 Å². The number of ether oxygens (including phenoxy) is 1. The van der Waals surface area contributed by atoms with E-state index in [-0.39, 0.29) is 18.8 Å². The van der Waals surface area contributed by atoms with Crippen LogP contribution < -0.4 is 10.1 Å². The number of amides is 2. The lowest BCUT2D eigenvalue weighted by Crippen LogP contribution is -2.34. The van der Waals surface area contributed by atoms with Crippen LogP contribution in [0.5, 0.6) is 5.75 Å². The predicted molar refractivity (Wildman–Crippen MR) is 68.6 cm³/mol. The molecule has 0 spiro atoms. The minimum absolute atomic E-state index is 0.0251. The quantitative estimate of drug-likeness (QED) is 0.799. The van der Waals surface area contributed by atoms with Crippen LogP contribution in [-0.2, 0) is 9.59 Å². The number of carbonyl (C=O) groups is 2. The lowest BCUT2D eigenvalue weighted by molar-refractivity contribution is -0.274. The van der Waals surface area contributed by atoms with Gasteiger partial charge in [-0.1, -0.05) is 0 Å². The van der Waals surface area contributed by atoms with Gasteiger partial charge in [0.25, 0.3) is 11.8 Å². The van der Waals surface area contributed by atoms with Gasteiger partial charge in [0, 0.05) is 11.8 Å². The number of benzene rings is 1. The number of hydrogen-bond donors (Lipinski definition) is 2. The topological polar surface area (TPSA) is 78.9 Å². The average Bonchev–Trinajstić information content (AvgIpc) is 2.68. The maximum Gasteiger partial charge on any atom is 0.573 e. The van der Waals surface area contributed by atoms with E-state index in [0.717, 1.165) is 23.1 Å². The van der Waals surface area contributed by atoms with Crippen molar-refractivity contribution < 1.29 is 32.6 Å². The van der Waals surface area contributed by atoms with Crippen LogP contribution in [-0.4, -0.2) is 41.3 Å². The molecule has 0 bridgehead atoms. The molecule has 2 rings (SSSR count). The molecule has 0 fully saturated rings. The molecule has 2 N–H and O–H groups in total. The summed E-state index contributed by atoms with van der Waals surface area (Å²) in [5.41, 5.74) is 0.288. The second-order valence-corrected chi connectivity index (χ2v) is 4.27. The number of alkyl halides is 3. The normalized spacial score (nSPS) is 15.1. The van der Waals surface area contributed by atoms with Gasteiger partial charge in [-0.25, -0.2) is 0 Å². The number of rotatable bonds is 5. The minimum Gasteiger partial charge on any atom is -0.406 e. The highest BCUT2D eigenvalue weighted by Crippen LogP contribution is 2.25. The fourth-order valence-corrected chi connectivity index (χ4v) is 1.81. The number of anilines is 1. The summed E-state index contributed by atoms with van der Waals surface area (Å²) in [7, 11) is 0. The smallest absolute Gasteiger partial charge is 0.406 e. The first-order valence-corrected chi connectivity index (χ1v) is 6.11. The highest BCUT2D eigenvalue weighted by Gasteiger charge is 2.32. The standard InChI is InChI=1S/C13H11F3N2O4/c14-13(15,16)22-9-3-1-8(2-4-9)17-10-7-11(20)18(5-6-19)12(10)21/h1-4,7,17,19H,5-6H2. The number of nitrogens with one attached hydrogen (secondary N) is 1. The first-order valence-electron chi connectivity index (χ1n) is 6.11. The highest BCUT2D eigenvalue weighted by molar-refractivity contribution is 6.17. The van der Waals surface area contributed by atoms with Crippen LogP contribution in [0.3, 0.4) is 0 Å². The molecule has 118 valence electrons. The molecule has 22 heavy (non-hydrogen) atoms. The van der Waals surface area contributed by atoms with Gasteiger partial charge >= 0.3 is 6.36 Å². The predicted octanol–water partition coefficient (Wildman–Crippen LogP) is 1.24. The number of β-amino-alcohol motifs (C(OH)–C–C–N with tert-alkyl or cyclic N) is 1. The molecule has 0 radical (unpaired) electrons. The molecule has 0 saturated carbocycles. The molecule has 0 atom stereocenters. The van der Waals surface area contributed by atoms with Crippen LogP contribution in [0, 0.1) is 0 Å². The lowest BCUT2D eigenvalue weighted by atomic mass is 10.3. The number of nitrogens with zero attached hydrogens (tertiary/aromatic N) is 1. The molecule has 1 aromatic carbocycles. The summed E-state index contributed by atoms with van der Waals surface area (Å²) in [4.78, 5) is 24.2. The number of halogens is 3. The molecular weight excluding hydrogens is 305 g/mol. The Morgan fingerprint density at radius 1 is 1.18 bits per heavy atom. The van der Waals surface area contributed by atoms with Gasteiger partial charge in [0.15, 0.2) is 0 Å². The Hall–Kier alpha value is -2.55. The number of aliphatic hydroxyl groups excluding tert-OH is 1. The molecular formula is C13H11F3N2O4. The van der Waals surface area contributed by atoms with Crippen LogP contribution in [0.15, 0.2) is 36.0 Å². The van der Waals surface area contributed by atoms with Crippen LogP contribution in [0.2, 0.25) is 0 Å². The van der Waals surface area contributed by atoms with Gasteiger partial charge in [-0.2, -0.15) is 0 Å². The van der Waals surface area contributed by atoms with E-state index in [0.29, 0.717) is 5.69 Å². The van der Waals surface area contributed by atoms with E-state index in [1.165, 1.54) is 12.1 Å². The Morgan fingerprint density at radius 3 is 2.36 bits per heavy atom. The molecule has 1 aliphatic heterocycles. The Kier molecular flexibility index (Phi) is 4.36. The summed E-state index contributed by atoms with van der Waals surface area (Å²) in [6.07, 6.45) is -3.73. The maximum atomic E-state index is 12.0. The van der Waals surface area contributed by atoms with Gasteiger partial charge in [-0.3, -0.25) is 14.5 Å². The largest absolute Gasteiger partial charge is 0.573 e. The molecule has 6 nitrogen and oxygen atoms in total. The first kappa shape index (κ1) is 15.8. The van der Waals surface area contributed by atoms with E-state index >= 15 is 0 Å². The van der Waals surface area contributed by atoms with Crippen molar-refractivity contribution in [2.75, 3.05) is 18.5 Å². The van der Waals surface area contributed by atoms with Gasteiger partial charge in [0.1, 0.15) is 11.4 Å². The summed E-state index contributed by atoms with van der Waals surface area (Å²) >= 11 is 0. The summed E-state index contributed by atoms with van der Waals surface area (Å²) in [5.74, 6) is -1.59. The van der Waals surface area contributed by atoms with Crippen molar-refractivity contribution in [2.45, 2.75) is 6.36 Å². The fraction of sp³-hybridized carbons (Fsp3) is 0.231.